The topological polar surface area (TPSA) is 61.6 Å². The highest BCUT2D eigenvalue weighted by molar-refractivity contribution is 5.36. The van der Waals surface area contributed by atoms with Gasteiger partial charge >= 0.3 is 0 Å². The van der Waals surface area contributed by atoms with Crippen LogP contribution in [0.1, 0.15) is 12.8 Å². The molecular weight excluding hydrogens is 198 g/mol. The van der Waals surface area contributed by atoms with Crippen LogP contribution < -0.4 is 4.74 Å². The standard InChI is InChI=1S/C10H11NO4/c12-11(13)8-3-5-9(6-4-8)15-10-2-1-7-14-10/h3-6,10H,1-2,7H2. The molecule has 0 N–H and O–H groups in total. The fraction of sp³-hybridized carbons (Fsp3) is 0.400. The van der Waals surface area contributed by atoms with Gasteiger partial charge in [0, 0.05) is 18.6 Å². The van der Waals surface area contributed by atoms with Crippen LogP contribution in [0.15, 0.2) is 24.3 Å². The van der Waals surface area contributed by atoms with Crippen molar-refractivity contribution in [2.45, 2.75) is 19.1 Å². The second kappa shape index (κ2) is 4.27. The third-order valence-electron chi connectivity index (χ3n) is 2.20. The number of ether oxygens (including phenoxy) is 2. The molecule has 80 valence electrons. The molecule has 0 saturated carbocycles. The molecule has 1 aliphatic rings. The van der Waals surface area contributed by atoms with Crippen molar-refractivity contribution < 1.29 is 14.4 Å². The Bertz CT molecular complexity index is 343. The van der Waals surface area contributed by atoms with Crippen LogP contribution in [0.3, 0.4) is 0 Å². The molecule has 1 fully saturated rings. The quantitative estimate of drug-likeness (QED) is 0.565. The number of nitro benzene ring substituents is 1. The van der Waals surface area contributed by atoms with Gasteiger partial charge in [-0.3, -0.25) is 10.1 Å². The van der Waals surface area contributed by atoms with E-state index in [1.165, 1.54) is 12.1 Å². The molecule has 15 heavy (non-hydrogen) atoms. The van der Waals surface area contributed by atoms with E-state index in [2.05, 4.69) is 0 Å². The third kappa shape index (κ3) is 2.44. The average molecular weight is 209 g/mol. The molecule has 1 aromatic carbocycles. The van der Waals surface area contributed by atoms with Crippen molar-refractivity contribution in [2.75, 3.05) is 6.61 Å². The first-order valence-electron chi connectivity index (χ1n) is 4.78. The molecule has 0 radical (unpaired) electrons. The Morgan fingerprint density at radius 1 is 1.40 bits per heavy atom. The van der Waals surface area contributed by atoms with Gasteiger partial charge in [0.25, 0.3) is 5.69 Å². The van der Waals surface area contributed by atoms with Crippen LogP contribution in [-0.2, 0) is 4.74 Å². The molecule has 0 amide bonds. The fourth-order valence-electron chi connectivity index (χ4n) is 1.44. The van der Waals surface area contributed by atoms with Crippen LogP contribution in [0.2, 0.25) is 0 Å². The van der Waals surface area contributed by atoms with E-state index in [9.17, 15) is 10.1 Å². The van der Waals surface area contributed by atoms with Gasteiger partial charge in [-0.2, -0.15) is 0 Å². The maximum atomic E-state index is 10.4. The van der Waals surface area contributed by atoms with E-state index >= 15 is 0 Å². The largest absolute Gasteiger partial charge is 0.465 e. The third-order valence-corrected chi connectivity index (χ3v) is 2.20. The van der Waals surface area contributed by atoms with Crippen molar-refractivity contribution in [1.82, 2.24) is 0 Å². The Morgan fingerprint density at radius 2 is 2.13 bits per heavy atom. The minimum Gasteiger partial charge on any atom is -0.465 e. The second-order valence-corrected chi connectivity index (χ2v) is 3.31. The average Bonchev–Trinajstić information content (AvgIpc) is 2.71. The number of benzene rings is 1. The fourth-order valence-corrected chi connectivity index (χ4v) is 1.44. The first kappa shape index (κ1) is 9.92. The summed E-state index contributed by atoms with van der Waals surface area (Å²) in [7, 11) is 0. The SMILES string of the molecule is O=[N+]([O-])c1ccc(OC2CCCO2)cc1. The summed E-state index contributed by atoms with van der Waals surface area (Å²) < 4.78 is 10.7. The maximum Gasteiger partial charge on any atom is 0.269 e. The van der Waals surface area contributed by atoms with Crippen molar-refractivity contribution in [3.8, 4) is 5.75 Å². The lowest BCUT2D eigenvalue weighted by Gasteiger charge is -2.11. The Labute approximate surface area is 86.8 Å². The van der Waals surface area contributed by atoms with Crippen LogP contribution in [0.4, 0.5) is 5.69 Å². The molecule has 0 aliphatic carbocycles. The van der Waals surface area contributed by atoms with Gasteiger partial charge in [0.1, 0.15) is 5.75 Å². The first-order valence-corrected chi connectivity index (χ1v) is 4.78. The van der Waals surface area contributed by atoms with E-state index < -0.39 is 4.92 Å². The zero-order valence-electron chi connectivity index (χ0n) is 8.09. The summed E-state index contributed by atoms with van der Waals surface area (Å²) in [5, 5.41) is 10.4. The smallest absolute Gasteiger partial charge is 0.269 e. The molecule has 0 bridgehead atoms. The van der Waals surface area contributed by atoms with E-state index in [-0.39, 0.29) is 12.0 Å². The molecule has 0 aromatic heterocycles. The Morgan fingerprint density at radius 3 is 2.67 bits per heavy atom. The van der Waals surface area contributed by atoms with Crippen LogP contribution in [0.25, 0.3) is 0 Å². The predicted octanol–water partition coefficient (Wildman–Crippen LogP) is 2.11. The van der Waals surface area contributed by atoms with E-state index in [0.717, 1.165) is 19.4 Å². The lowest BCUT2D eigenvalue weighted by atomic mass is 10.3. The highest BCUT2D eigenvalue weighted by Gasteiger charge is 2.17. The Hall–Kier alpha value is -1.62. The van der Waals surface area contributed by atoms with Gasteiger partial charge in [0.05, 0.1) is 11.5 Å². The Balaban J connectivity index is 2.00. The molecular formula is C10H11NO4. The molecule has 1 aliphatic heterocycles. The second-order valence-electron chi connectivity index (χ2n) is 3.31. The minimum absolute atomic E-state index is 0.0645. The summed E-state index contributed by atoms with van der Waals surface area (Å²) >= 11 is 0. The minimum atomic E-state index is -0.435. The van der Waals surface area contributed by atoms with E-state index in [4.69, 9.17) is 9.47 Å². The summed E-state index contributed by atoms with van der Waals surface area (Å²) in [6.07, 6.45) is 1.67. The first-order chi connectivity index (χ1) is 7.25. The lowest BCUT2D eigenvalue weighted by Crippen LogP contribution is -2.13. The molecule has 0 spiro atoms. The molecule has 2 rings (SSSR count). The van der Waals surface area contributed by atoms with Crippen molar-refractivity contribution in [1.29, 1.82) is 0 Å². The van der Waals surface area contributed by atoms with Crippen LogP contribution >= 0.6 is 0 Å². The van der Waals surface area contributed by atoms with Crippen LogP contribution in [0, 0.1) is 10.1 Å². The molecule has 1 saturated heterocycles. The normalized spacial score (nSPS) is 20.1. The van der Waals surface area contributed by atoms with Gasteiger partial charge in [-0.05, 0) is 18.6 Å². The summed E-state index contributed by atoms with van der Waals surface area (Å²) in [6, 6.07) is 6.01. The highest BCUT2D eigenvalue weighted by atomic mass is 16.7. The zero-order chi connectivity index (χ0) is 10.7. The van der Waals surface area contributed by atoms with Gasteiger partial charge in [0.2, 0.25) is 0 Å². The number of nitro groups is 1. The summed E-state index contributed by atoms with van der Waals surface area (Å²) in [6.45, 7) is 0.720. The predicted molar refractivity (Wildman–Crippen MR) is 52.7 cm³/mol. The molecule has 5 nitrogen and oxygen atoms in total. The van der Waals surface area contributed by atoms with Gasteiger partial charge in [0.15, 0.2) is 6.29 Å². The number of rotatable bonds is 3. The van der Waals surface area contributed by atoms with Gasteiger partial charge in [-0.25, -0.2) is 0 Å². The molecule has 1 heterocycles. The van der Waals surface area contributed by atoms with E-state index in [0.29, 0.717) is 5.75 Å². The monoisotopic (exact) mass is 209 g/mol. The van der Waals surface area contributed by atoms with Crippen molar-refractivity contribution >= 4 is 5.69 Å². The molecule has 1 aromatic rings. The molecule has 1 atom stereocenters. The van der Waals surface area contributed by atoms with Crippen molar-refractivity contribution in [2.24, 2.45) is 0 Å². The van der Waals surface area contributed by atoms with Crippen LogP contribution in [0.5, 0.6) is 5.75 Å². The number of non-ortho nitro benzene ring substituents is 1. The number of hydrogen-bond acceptors (Lipinski definition) is 4. The summed E-state index contributed by atoms with van der Waals surface area (Å²) in [4.78, 5) is 9.96. The molecule has 5 heteroatoms. The summed E-state index contributed by atoms with van der Waals surface area (Å²) in [5.41, 5.74) is 0.0645. The van der Waals surface area contributed by atoms with Gasteiger partial charge in [-0.1, -0.05) is 0 Å². The Kier molecular flexibility index (Phi) is 2.82. The van der Waals surface area contributed by atoms with E-state index in [1.54, 1.807) is 12.1 Å². The lowest BCUT2D eigenvalue weighted by molar-refractivity contribution is -0.384. The summed E-state index contributed by atoms with van der Waals surface area (Å²) in [5.74, 6) is 0.604. The number of nitrogens with zero attached hydrogens (tertiary/aromatic N) is 1. The van der Waals surface area contributed by atoms with Crippen molar-refractivity contribution in [3.63, 3.8) is 0 Å². The highest BCUT2D eigenvalue weighted by Crippen LogP contribution is 2.21. The van der Waals surface area contributed by atoms with Crippen LogP contribution in [-0.4, -0.2) is 17.8 Å². The molecule has 1 unspecified atom stereocenters. The van der Waals surface area contributed by atoms with Gasteiger partial charge in [-0.15, -0.1) is 0 Å². The van der Waals surface area contributed by atoms with Gasteiger partial charge < -0.3 is 9.47 Å². The van der Waals surface area contributed by atoms with E-state index in [1.807, 2.05) is 0 Å². The maximum absolute atomic E-state index is 10.4. The zero-order valence-corrected chi connectivity index (χ0v) is 8.09. The van der Waals surface area contributed by atoms with Crippen molar-refractivity contribution in [3.05, 3.63) is 34.4 Å². The number of hydrogen-bond donors (Lipinski definition) is 0.